The van der Waals surface area contributed by atoms with E-state index < -0.39 is 9.84 Å². The molecule has 1 aliphatic heterocycles. The summed E-state index contributed by atoms with van der Waals surface area (Å²) in [7, 11) is -3.43. The van der Waals surface area contributed by atoms with E-state index in [2.05, 4.69) is 0 Å². The van der Waals surface area contributed by atoms with Crippen LogP contribution in [-0.2, 0) is 15.6 Å². The van der Waals surface area contributed by atoms with Gasteiger partial charge in [-0.3, -0.25) is 4.79 Å². The summed E-state index contributed by atoms with van der Waals surface area (Å²) in [6.45, 7) is 1.96. The highest BCUT2D eigenvalue weighted by Crippen LogP contribution is 2.20. The van der Waals surface area contributed by atoms with Crippen molar-refractivity contribution < 1.29 is 13.2 Å². The summed E-state index contributed by atoms with van der Waals surface area (Å²) >= 11 is 0. The normalized spacial score (nSPS) is 17.6. The Labute approximate surface area is 148 Å². The molecule has 1 aliphatic rings. The first-order chi connectivity index (χ1) is 12.0. The van der Waals surface area contributed by atoms with Crippen molar-refractivity contribution >= 4 is 15.7 Å². The number of carbonyl (C=O) groups is 1. The predicted molar refractivity (Wildman–Crippen MR) is 96.8 cm³/mol. The van der Waals surface area contributed by atoms with Crippen LogP contribution >= 0.6 is 0 Å². The zero-order valence-electron chi connectivity index (χ0n) is 14.0. The maximum atomic E-state index is 12.5. The molecule has 2 aromatic rings. The molecule has 5 nitrogen and oxygen atoms in total. The molecule has 1 saturated heterocycles. The summed E-state index contributed by atoms with van der Waals surface area (Å²) in [5.74, 6) is 0.239. The predicted octanol–water partition coefficient (Wildman–Crippen LogP) is 2.08. The number of sulfone groups is 1. The van der Waals surface area contributed by atoms with Gasteiger partial charge in [0.15, 0.2) is 9.84 Å². The number of carbonyl (C=O) groups excluding carboxylic acids is 1. The number of likely N-dealkylation sites (tertiary alicyclic amines) is 1. The number of amides is 1. The Bertz CT molecular complexity index is 833. The highest BCUT2D eigenvalue weighted by atomic mass is 32.2. The summed E-state index contributed by atoms with van der Waals surface area (Å²) in [6.07, 6.45) is 0.922. The number of rotatable bonds is 5. The largest absolute Gasteiger partial charge is 0.338 e. The molecule has 6 heteroatoms. The molecule has 2 aromatic carbocycles. The van der Waals surface area contributed by atoms with Crippen LogP contribution in [0.5, 0.6) is 0 Å². The molecule has 1 fully saturated rings. The van der Waals surface area contributed by atoms with Gasteiger partial charge in [-0.1, -0.05) is 30.3 Å². The molecular formula is C19H22N2O3S. The topological polar surface area (TPSA) is 80.5 Å². The van der Waals surface area contributed by atoms with E-state index in [1.807, 2.05) is 18.2 Å². The maximum absolute atomic E-state index is 12.5. The summed E-state index contributed by atoms with van der Waals surface area (Å²) in [4.78, 5) is 14.5. The molecule has 132 valence electrons. The number of hydrogen-bond acceptors (Lipinski definition) is 4. The van der Waals surface area contributed by atoms with Crippen molar-refractivity contribution in [1.29, 1.82) is 0 Å². The highest BCUT2D eigenvalue weighted by Gasteiger charge is 2.26. The molecule has 0 saturated carbocycles. The van der Waals surface area contributed by atoms with Gasteiger partial charge < -0.3 is 10.6 Å². The third kappa shape index (κ3) is 4.08. The van der Waals surface area contributed by atoms with Crippen molar-refractivity contribution in [2.45, 2.75) is 17.1 Å². The molecule has 0 aromatic heterocycles. The van der Waals surface area contributed by atoms with Crippen molar-refractivity contribution in [2.75, 3.05) is 19.6 Å². The van der Waals surface area contributed by atoms with Crippen LogP contribution in [0.1, 0.15) is 22.3 Å². The molecule has 0 spiro atoms. The van der Waals surface area contributed by atoms with Gasteiger partial charge in [0.1, 0.15) is 0 Å². The summed E-state index contributed by atoms with van der Waals surface area (Å²) in [6, 6.07) is 15.3. The first-order valence-corrected chi connectivity index (χ1v) is 10.0. The molecule has 25 heavy (non-hydrogen) atoms. The molecule has 2 N–H and O–H groups in total. The quantitative estimate of drug-likeness (QED) is 0.887. The molecule has 1 heterocycles. The van der Waals surface area contributed by atoms with Gasteiger partial charge in [0.05, 0.1) is 10.6 Å². The van der Waals surface area contributed by atoms with Crippen molar-refractivity contribution in [1.82, 2.24) is 4.90 Å². The molecule has 0 aliphatic carbocycles. The molecule has 1 amide bonds. The van der Waals surface area contributed by atoms with Crippen LogP contribution in [0.2, 0.25) is 0 Å². The zero-order chi connectivity index (χ0) is 17.9. The molecule has 0 radical (unpaired) electrons. The van der Waals surface area contributed by atoms with Gasteiger partial charge in [0, 0.05) is 18.7 Å². The Kier molecular flexibility index (Phi) is 5.20. The lowest BCUT2D eigenvalue weighted by molar-refractivity contribution is 0.0787. The Balaban J connectivity index is 1.72. The van der Waals surface area contributed by atoms with E-state index in [1.54, 1.807) is 29.2 Å². The number of nitrogens with zero attached hydrogens (tertiary/aromatic N) is 1. The van der Waals surface area contributed by atoms with Crippen molar-refractivity contribution in [2.24, 2.45) is 11.7 Å². The average Bonchev–Trinajstić information content (AvgIpc) is 3.11. The first-order valence-electron chi connectivity index (χ1n) is 8.35. The fraction of sp³-hybridized carbons (Fsp3) is 0.316. The van der Waals surface area contributed by atoms with Crippen LogP contribution in [0.4, 0.5) is 0 Å². The van der Waals surface area contributed by atoms with Gasteiger partial charge >= 0.3 is 0 Å². The van der Waals surface area contributed by atoms with Gasteiger partial charge in [-0.15, -0.1) is 0 Å². The minimum Gasteiger partial charge on any atom is -0.338 e. The lowest BCUT2D eigenvalue weighted by Gasteiger charge is -2.16. The van der Waals surface area contributed by atoms with Gasteiger partial charge in [-0.2, -0.15) is 0 Å². The molecule has 1 atom stereocenters. The number of hydrogen-bond donors (Lipinski definition) is 1. The Morgan fingerprint density at radius 2 is 1.76 bits per heavy atom. The van der Waals surface area contributed by atoms with Crippen LogP contribution in [0.25, 0.3) is 0 Å². The van der Waals surface area contributed by atoms with E-state index in [4.69, 9.17) is 5.73 Å². The van der Waals surface area contributed by atoms with E-state index in [1.165, 1.54) is 12.1 Å². The average molecular weight is 358 g/mol. The second-order valence-electron chi connectivity index (χ2n) is 6.41. The van der Waals surface area contributed by atoms with Crippen LogP contribution in [0.15, 0.2) is 59.5 Å². The summed E-state index contributed by atoms with van der Waals surface area (Å²) in [5, 5.41) is 0. The fourth-order valence-electron chi connectivity index (χ4n) is 3.07. The molecule has 0 bridgehead atoms. The SMILES string of the molecule is NC[C@H]1CCN(C(=O)c2ccc(S(=O)(=O)Cc3ccccc3)cc2)C1. The highest BCUT2D eigenvalue weighted by molar-refractivity contribution is 7.90. The lowest BCUT2D eigenvalue weighted by atomic mass is 10.1. The molecular weight excluding hydrogens is 336 g/mol. The van der Waals surface area contributed by atoms with E-state index in [9.17, 15) is 13.2 Å². The van der Waals surface area contributed by atoms with Gasteiger partial charge in [0.2, 0.25) is 0 Å². The first kappa shape index (κ1) is 17.6. The van der Waals surface area contributed by atoms with Gasteiger partial charge in [-0.25, -0.2) is 8.42 Å². The third-order valence-corrected chi connectivity index (χ3v) is 6.27. The monoisotopic (exact) mass is 358 g/mol. The van der Waals surface area contributed by atoms with E-state index in [-0.39, 0.29) is 16.6 Å². The maximum Gasteiger partial charge on any atom is 0.253 e. The minimum atomic E-state index is -3.43. The smallest absolute Gasteiger partial charge is 0.253 e. The molecule has 3 rings (SSSR count). The van der Waals surface area contributed by atoms with E-state index in [0.29, 0.717) is 31.1 Å². The standard InChI is InChI=1S/C19H22N2O3S/c20-12-16-10-11-21(13-16)19(22)17-6-8-18(9-7-17)25(23,24)14-15-4-2-1-3-5-15/h1-9,16H,10-14,20H2/t16-/m1/s1. The van der Waals surface area contributed by atoms with E-state index in [0.717, 1.165) is 12.0 Å². The second-order valence-corrected chi connectivity index (χ2v) is 8.40. The van der Waals surface area contributed by atoms with E-state index >= 15 is 0 Å². The van der Waals surface area contributed by atoms with Gasteiger partial charge in [0.25, 0.3) is 5.91 Å². The Hall–Kier alpha value is -2.18. The van der Waals surface area contributed by atoms with Crippen LogP contribution in [0.3, 0.4) is 0 Å². The van der Waals surface area contributed by atoms with Gasteiger partial charge in [-0.05, 0) is 48.7 Å². The van der Waals surface area contributed by atoms with Crippen LogP contribution in [0, 0.1) is 5.92 Å². The van der Waals surface area contributed by atoms with Crippen LogP contribution < -0.4 is 5.73 Å². The summed E-state index contributed by atoms with van der Waals surface area (Å²) < 4.78 is 25.0. The Morgan fingerprint density at radius 3 is 2.36 bits per heavy atom. The lowest BCUT2D eigenvalue weighted by Crippen LogP contribution is -2.29. The minimum absolute atomic E-state index is 0.0502. The zero-order valence-corrected chi connectivity index (χ0v) is 14.8. The van der Waals surface area contributed by atoms with Crippen LogP contribution in [-0.4, -0.2) is 38.9 Å². The number of benzene rings is 2. The van der Waals surface area contributed by atoms with Crippen molar-refractivity contribution in [3.63, 3.8) is 0 Å². The Morgan fingerprint density at radius 1 is 1.08 bits per heavy atom. The summed E-state index contributed by atoms with van der Waals surface area (Å²) in [5.41, 5.74) is 6.91. The number of nitrogens with two attached hydrogens (primary N) is 1. The van der Waals surface area contributed by atoms with Crippen molar-refractivity contribution in [3.8, 4) is 0 Å². The third-order valence-electron chi connectivity index (χ3n) is 4.57. The fourth-order valence-corrected chi connectivity index (χ4v) is 4.42. The second kappa shape index (κ2) is 7.37. The van der Waals surface area contributed by atoms with Crippen molar-refractivity contribution in [3.05, 3.63) is 65.7 Å². The molecule has 0 unspecified atom stereocenters.